The van der Waals surface area contributed by atoms with E-state index >= 15 is 0 Å². The summed E-state index contributed by atoms with van der Waals surface area (Å²) >= 11 is 0. The summed E-state index contributed by atoms with van der Waals surface area (Å²) in [5.41, 5.74) is 9.56. The van der Waals surface area contributed by atoms with Crippen molar-refractivity contribution in [1.82, 2.24) is 25.1 Å². The fourth-order valence-electron chi connectivity index (χ4n) is 5.23. The van der Waals surface area contributed by atoms with Gasteiger partial charge < -0.3 is 15.6 Å². The van der Waals surface area contributed by atoms with Crippen molar-refractivity contribution in [2.24, 2.45) is 0 Å². The van der Waals surface area contributed by atoms with Crippen LogP contribution in [0.2, 0.25) is 0 Å². The lowest BCUT2D eigenvalue weighted by atomic mass is 9.98. The number of hydrogen-bond acceptors (Lipinski definition) is 6. The van der Waals surface area contributed by atoms with Gasteiger partial charge in [-0.3, -0.25) is 14.8 Å². The molecule has 9 heteroatoms. The number of aryl methyl sites for hydroxylation is 1. The molecule has 0 aliphatic carbocycles. The molecule has 2 fully saturated rings. The zero-order chi connectivity index (χ0) is 21.4. The van der Waals surface area contributed by atoms with Gasteiger partial charge in [0.15, 0.2) is 0 Å². The maximum absolute atomic E-state index is 14.3. The van der Waals surface area contributed by atoms with Gasteiger partial charge in [-0.2, -0.15) is 5.10 Å². The molecular formula is C22H22FN7O. The second-order valence-electron chi connectivity index (χ2n) is 8.66. The summed E-state index contributed by atoms with van der Waals surface area (Å²) in [7, 11) is 2.16. The van der Waals surface area contributed by atoms with Crippen molar-refractivity contribution in [3.8, 4) is 11.1 Å². The van der Waals surface area contributed by atoms with Gasteiger partial charge in [-0.1, -0.05) is 6.07 Å². The van der Waals surface area contributed by atoms with Crippen molar-refractivity contribution in [3.63, 3.8) is 0 Å². The van der Waals surface area contributed by atoms with Crippen LogP contribution in [-0.2, 0) is 0 Å². The Balaban J connectivity index is 1.62. The molecule has 8 nitrogen and oxygen atoms in total. The summed E-state index contributed by atoms with van der Waals surface area (Å²) in [4.78, 5) is 25.3. The lowest BCUT2D eigenvalue weighted by molar-refractivity contribution is 0.292. The van der Waals surface area contributed by atoms with Gasteiger partial charge in [-0.25, -0.2) is 9.37 Å². The molecule has 3 aromatic heterocycles. The molecule has 158 valence electrons. The second kappa shape index (κ2) is 6.27. The van der Waals surface area contributed by atoms with Crippen LogP contribution < -0.4 is 16.2 Å². The Morgan fingerprint density at radius 2 is 2.10 bits per heavy atom. The second-order valence-corrected chi connectivity index (χ2v) is 8.66. The minimum absolute atomic E-state index is 0.0617. The average Bonchev–Trinajstić information content (AvgIpc) is 3.46. The average molecular weight is 419 g/mol. The van der Waals surface area contributed by atoms with Crippen molar-refractivity contribution in [1.29, 1.82) is 0 Å². The van der Waals surface area contributed by atoms with Crippen molar-refractivity contribution in [3.05, 3.63) is 46.1 Å². The van der Waals surface area contributed by atoms with Gasteiger partial charge in [0, 0.05) is 36.1 Å². The summed E-state index contributed by atoms with van der Waals surface area (Å²) in [6, 6.07) is 5.89. The molecule has 2 bridgehead atoms. The number of anilines is 2. The van der Waals surface area contributed by atoms with E-state index in [2.05, 4.69) is 32.0 Å². The van der Waals surface area contributed by atoms with E-state index in [0.29, 0.717) is 39.6 Å². The number of halogens is 1. The van der Waals surface area contributed by atoms with E-state index in [1.807, 2.05) is 13.0 Å². The number of aromatic nitrogens is 4. The lowest BCUT2D eigenvalue weighted by Crippen LogP contribution is -2.45. The van der Waals surface area contributed by atoms with E-state index in [1.165, 1.54) is 6.07 Å². The Morgan fingerprint density at radius 1 is 1.26 bits per heavy atom. The van der Waals surface area contributed by atoms with Crippen molar-refractivity contribution in [2.75, 3.05) is 30.8 Å². The first-order valence-corrected chi connectivity index (χ1v) is 10.3. The number of nitrogens with zero attached hydrogens (tertiary/aromatic N) is 4. The van der Waals surface area contributed by atoms with Crippen LogP contribution in [0.3, 0.4) is 0 Å². The van der Waals surface area contributed by atoms with Crippen molar-refractivity contribution >= 4 is 33.4 Å². The number of likely N-dealkylation sites (N-methyl/N-ethyl adjacent to an activating group) is 1. The number of nitrogens with two attached hydrogens (primary N) is 1. The van der Waals surface area contributed by atoms with Crippen LogP contribution in [0.5, 0.6) is 0 Å². The maximum atomic E-state index is 14.3. The number of hydrogen-bond donors (Lipinski definition) is 3. The van der Waals surface area contributed by atoms with E-state index in [1.54, 1.807) is 12.3 Å². The third-order valence-corrected chi connectivity index (χ3v) is 6.81. The molecule has 31 heavy (non-hydrogen) atoms. The summed E-state index contributed by atoms with van der Waals surface area (Å²) < 4.78 is 14.3. The Kier molecular flexibility index (Phi) is 3.71. The minimum Gasteiger partial charge on any atom is -0.394 e. The monoisotopic (exact) mass is 419 g/mol. The SMILES string of the molecule is Cc1cc2[nH]c(=O)c(N)c(-c3ccc(F)c4[nH]ncc34)c2nc1N1CC2CC1CN2C. The predicted octanol–water partition coefficient (Wildman–Crippen LogP) is 2.39. The number of nitrogens with one attached hydrogen (secondary N) is 2. The van der Waals surface area contributed by atoms with Gasteiger partial charge in [-0.05, 0) is 43.7 Å². The van der Waals surface area contributed by atoms with E-state index in [9.17, 15) is 9.18 Å². The molecular weight excluding hydrogens is 397 g/mol. The molecule has 4 aromatic rings. The number of nitrogen functional groups attached to an aromatic ring is 1. The Bertz CT molecular complexity index is 1420. The fourth-order valence-corrected chi connectivity index (χ4v) is 5.23. The minimum atomic E-state index is -0.411. The van der Waals surface area contributed by atoms with Gasteiger partial charge in [0.1, 0.15) is 22.8 Å². The molecule has 2 saturated heterocycles. The lowest BCUT2D eigenvalue weighted by Gasteiger charge is -2.33. The number of piperazine rings is 1. The molecule has 4 N–H and O–H groups in total. The zero-order valence-electron chi connectivity index (χ0n) is 17.2. The van der Waals surface area contributed by atoms with Crippen LogP contribution in [0.25, 0.3) is 33.1 Å². The van der Waals surface area contributed by atoms with E-state index in [-0.39, 0.29) is 16.8 Å². The Morgan fingerprint density at radius 3 is 2.84 bits per heavy atom. The molecule has 2 aliphatic rings. The first-order chi connectivity index (χ1) is 14.9. The summed E-state index contributed by atoms with van der Waals surface area (Å²) in [6.45, 7) is 3.95. The maximum Gasteiger partial charge on any atom is 0.272 e. The Hall–Kier alpha value is -3.46. The number of rotatable bonds is 2. The number of likely N-dealkylation sites (tertiary alicyclic amines) is 1. The molecule has 0 saturated carbocycles. The standard InChI is InChI=1S/C22H22FN7O/c1-10-5-16-20(27-21(10)30-9-11-6-12(30)8-29(11)2)17(18(24)22(31)26-16)13-3-4-15(23)19-14(13)7-25-28-19/h3-5,7,11-12H,6,8-9,24H2,1-2H3,(H,25,28)(H,26,31). The highest BCUT2D eigenvalue weighted by molar-refractivity contribution is 6.06. The Labute approximate surface area is 176 Å². The van der Waals surface area contributed by atoms with Crippen LogP contribution in [0, 0.1) is 12.7 Å². The highest BCUT2D eigenvalue weighted by Gasteiger charge is 2.42. The molecule has 5 heterocycles. The van der Waals surface area contributed by atoms with Crippen LogP contribution in [0.4, 0.5) is 15.9 Å². The van der Waals surface area contributed by atoms with Crippen molar-refractivity contribution in [2.45, 2.75) is 25.4 Å². The number of aromatic amines is 2. The third kappa shape index (κ3) is 2.53. The van der Waals surface area contributed by atoms with Crippen LogP contribution in [0.15, 0.2) is 29.2 Å². The highest BCUT2D eigenvalue weighted by Crippen LogP contribution is 2.39. The van der Waals surface area contributed by atoms with Gasteiger partial charge in [0.25, 0.3) is 5.56 Å². The predicted molar refractivity (Wildman–Crippen MR) is 119 cm³/mol. The quantitative estimate of drug-likeness (QED) is 0.461. The number of fused-ring (bicyclic) bond motifs is 4. The molecule has 6 rings (SSSR count). The molecule has 2 atom stereocenters. The largest absolute Gasteiger partial charge is 0.394 e. The number of H-pyrrole nitrogens is 2. The summed E-state index contributed by atoms with van der Waals surface area (Å²) in [6.07, 6.45) is 2.68. The first kappa shape index (κ1) is 18.3. The summed E-state index contributed by atoms with van der Waals surface area (Å²) in [5, 5.41) is 7.23. The molecule has 0 amide bonds. The van der Waals surface area contributed by atoms with E-state index in [0.717, 1.165) is 30.9 Å². The smallest absolute Gasteiger partial charge is 0.272 e. The van der Waals surface area contributed by atoms with E-state index in [4.69, 9.17) is 10.7 Å². The van der Waals surface area contributed by atoms with Gasteiger partial charge >= 0.3 is 0 Å². The van der Waals surface area contributed by atoms with Gasteiger partial charge in [0.2, 0.25) is 0 Å². The molecule has 2 unspecified atom stereocenters. The topological polar surface area (TPSA) is 107 Å². The van der Waals surface area contributed by atoms with Gasteiger partial charge in [0.05, 0.1) is 17.2 Å². The first-order valence-electron chi connectivity index (χ1n) is 10.3. The zero-order valence-corrected chi connectivity index (χ0v) is 17.2. The fraction of sp³-hybridized carbons (Fsp3) is 0.318. The number of pyridine rings is 2. The van der Waals surface area contributed by atoms with Gasteiger partial charge in [-0.15, -0.1) is 0 Å². The van der Waals surface area contributed by atoms with Crippen LogP contribution in [-0.4, -0.2) is 57.3 Å². The molecule has 0 radical (unpaired) electrons. The third-order valence-electron chi connectivity index (χ3n) is 6.81. The van der Waals surface area contributed by atoms with E-state index < -0.39 is 5.82 Å². The highest BCUT2D eigenvalue weighted by atomic mass is 19.1. The van der Waals surface area contributed by atoms with Crippen molar-refractivity contribution < 1.29 is 4.39 Å². The number of benzene rings is 1. The van der Waals surface area contributed by atoms with Crippen LogP contribution >= 0.6 is 0 Å². The molecule has 1 aromatic carbocycles. The molecule has 0 spiro atoms. The van der Waals surface area contributed by atoms with Crippen LogP contribution in [0.1, 0.15) is 12.0 Å². The molecule has 2 aliphatic heterocycles. The summed E-state index contributed by atoms with van der Waals surface area (Å²) in [5.74, 6) is 0.497. The normalized spacial score (nSPS) is 21.1.